The van der Waals surface area contributed by atoms with Crippen LogP contribution in [0.4, 0.5) is 24.7 Å². The molecule has 0 aliphatic rings. The smallest absolute Gasteiger partial charge is 0.395 e. The first kappa shape index (κ1) is 31.0. The van der Waals surface area contributed by atoms with Gasteiger partial charge in [0.2, 0.25) is 0 Å². The number of likely N-dealkylation sites (N-methyl/N-ethyl adjacent to an activating group) is 1. The van der Waals surface area contributed by atoms with Gasteiger partial charge in [-0.15, -0.1) is 0 Å². The first-order chi connectivity index (χ1) is 17.8. The maximum Gasteiger partial charge on any atom is 0.396 e. The highest BCUT2D eigenvalue weighted by Crippen LogP contribution is 2.28. The van der Waals surface area contributed by atoms with Crippen molar-refractivity contribution >= 4 is 17.3 Å². The first-order valence-corrected chi connectivity index (χ1v) is 12.8. The van der Waals surface area contributed by atoms with Crippen LogP contribution in [0.5, 0.6) is 0 Å². The Bertz CT molecular complexity index is 1120. The highest BCUT2D eigenvalue weighted by atomic mass is 19.4. The molecule has 0 radical (unpaired) electrons. The third kappa shape index (κ3) is 8.97. The molecule has 0 aliphatic carbocycles. The van der Waals surface area contributed by atoms with E-state index in [9.17, 15) is 18.3 Å². The number of halogens is 3. The molecule has 0 spiro atoms. The minimum Gasteiger partial charge on any atom is -0.395 e. The molecule has 0 atom stereocenters. The Morgan fingerprint density at radius 2 is 1.84 bits per heavy atom. The molecule has 9 heteroatoms. The molecular weight excluding hydrogens is 491 g/mol. The highest BCUT2D eigenvalue weighted by molar-refractivity contribution is 5.83. The molecule has 38 heavy (non-hydrogen) atoms. The topological polar surface area (TPSA) is 73.6 Å². The van der Waals surface area contributed by atoms with Crippen molar-refractivity contribution in [1.29, 1.82) is 0 Å². The zero-order chi connectivity index (χ0) is 28.5. The number of anilines is 2. The number of aliphatic hydroxyl groups is 1. The average Bonchev–Trinajstić information content (AvgIpc) is 2.85. The lowest BCUT2D eigenvalue weighted by Crippen LogP contribution is -2.36. The van der Waals surface area contributed by atoms with Crippen LogP contribution >= 0.6 is 0 Å². The first-order valence-electron chi connectivity index (χ1n) is 12.8. The van der Waals surface area contributed by atoms with Gasteiger partial charge in [-0.3, -0.25) is 0 Å². The zero-order valence-electron chi connectivity index (χ0n) is 23.2. The number of amidine groups is 1. The van der Waals surface area contributed by atoms with Crippen molar-refractivity contribution in [3.63, 3.8) is 0 Å². The minimum atomic E-state index is -4.37. The van der Waals surface area contributed by atoms with E-state index in [1.807, 2.05) is 65.8 Å². The quantitative estimate of drug-likeness (QED) is 0.178. The van der Waals surface area contributed by atoms with Crippen LogP contribution in [-0.4, -0.2) is 51.7 Å². The van der Waals surface area contributed by atoms with Crippen LogP contribution in [0.2, 0.25) is 0 Å². The molecule has 2 rings (SSSR count). The second-order valence-electron chi connectivity index (χ2n) is 10.1. The molecule has 2 N–H and O–H groups in total. The summed E-state index contributed by atoms with van der Waals surface area (Å²) in [7, 11) is 0. The van der Waals surface area contributed by atoms with E-state index in [0.29, 0.717) is 31.2 Å². The molecule has 0 aliphatic heterocycles. The van der Waals surface area contributed by atoms with Gasteiger partial charge < -0.3 is 15.3 Å². The van der Waals surface area contributed by atoms with Gasteiger partial charge in [-0.2, -0.15) is 13.2 Å². The van der Waals surface area contributed by atoms with E-state index in [-0.39, 0.29) is 23.8 Å². The van der Waals surface area contributed by atoms with Crippen molar-refractivity contribution in [2.45, 2.75) is 71.9 Å². The lowest BCUT2D eigenvalue weighted by Gasteiger charge is -2.26. The number of rotatable bonds is 12. The summed E-state index contributed by atoms with van der Waals surface area (Å²) in [4.78, 5) is 15.2. The van der Waals surface area contributed by atoms with Crippen LogP contribution < -0.4 is 5.32 Å². The van der Waals surface area contributed by atoms with Crippen molar-refractivity contribution in [2.75, 3.05) is 25.0 Å². The number of alkyl halides is 3. The molecule has 0 amide bonds. The van der Waals surface area contributed by atoms with E-state index < -0.39 is 12.6 Å². The number of benzene rings is 1. The molecule has 208 valence electrons. The van der Waals surface area contributed by atoms with Gasteiger partial charge in [-0.25, -0.2) is 15.0 Å². The Kier molecular flexibility index (Phi) is 11.1. The maximum absolute atomic E-state index is 13.3. The maximum atomic E-state index is 13.3. The van der Waals surface area contributed by atoms with E-state index in [1.54, 1.807) is 4.90 Å². The summed E-state index contributed by atoms with van der Waals surface area (Å²) < 4.78 is 39.8. The second-order valence-corrected chi connectivity index (χ2v) is 10.1. The third-order valence-corrected chi connectivity index (χ3v) is 6.27. The Labute approximate surface area is 224 Å². The summed E-state index contributed by atoms with van der Waals surface area (Å²) in [6, 6.07) is 7.83. The van der Waals surface area contributed by atoms with E-state index >= 15 is 0 Å². The van der Waals surface area contributed by atoms with E-state index in [2.05, 4.69) is 16.9 Å². The van der Waals surface area contributed by atoms with Crippen LogP contribution in [0.3, 0.4) is 0 Å². The van der Waals surface area contributed by atoms with Crippen molar-refractivity contribution < 1.29 is 18.3 Å². The molecule has 1 aromatic heterocycles. The fourth-order valence-corrected chi connectivity index (χ4v) is 3.76. The van der Waals surface area contributed by atoms with E-state index in [1.165, 1.54) is 18.4 Å². The Morgan fingerprint density at radius 3 is 2.37 bits per heavy atom. The molecule has 0 fully saturated rings. The van der Waals surface area contributed by atoms with Gasteiger partial charge in [0, 0.05) is 48.3 Å². The predicted molar refractivity (Wildman–Crippen MR) is 149 cm³/mol. The van der Waals surface area contributed by atoms with Crippen LogP contribution in [0.25, 0.3) is 0 Å². The lowest BCUT2D eigenvalue weighted by atomic mass is 9.85. The second kappa shape index (κ2) is 13.6. The molecule has 1 heterocycles. The van der Waals surface area contributed by atoms with Gasteiger partial charge in [0.15, 0.2) is 0 Å². The predicted octanol–water partition coefficient (Wildman–Crippen LogP) is 6.84. The number of aliphatic imine (C=N–C) groups is 1. The van der Waals surface area contributed by atoms with E-state index in [4.69, 9.17) is 9.97 Å². The number of nitrogens with zero attached hydrogens (tertiary/aromatic N) is 4. The fraction of sp³-hybridized carbons (Fsp3) is 0.483. The van der Waals surface area contributed by atoms with Crippen molar-refractivity contribution in [2.24, 2.45) is 4.99 Å². The zero-order valence-corrected chi connectivity index (χ0v) is 23.2. The van der Waals surface area contributed by atoms with Gasteiger partial charge in [0.1, 0.15) is 23.9 Å². The Balaban J connectivity index is 2.34. The standard InChI is InChI=1S/C29H40F3N5O/c1-8-10-16-33-25(18-29(30,31)32)37(9-2)17-15-24-21(5)27(36-26(35-24)20(3)4)34-23-13-11-22(12-14-23)28(6,7)19-38/h8,10-14,16,20,38H,1,9,15,17-19H2,2-7H3,(H,34,35,36)/b16-10-,33-25?. The van der Waals surface area contributed by atoms with Crippen molar-refractivity contribution in [3.8, 4) is 0 Å². The van der Waals surface area contributed by atoms with Crippen LogP contribution in [-0.2, 0) is 11.8 Å². The molecule has 0 saturated carbocycles. The normalized spacial score (nSPS) is 12.9. The van der Waals surface area contributed by atoms with Gasteiger partial charge in [0.05, 0.1) is 12.3 Å². The molecule has 6 nitrogen and oxygen atoms in total. The number of aliphatic hydroxyl groups excluding tert-OH is 1. The summed E-state index contributed by atoms with van der Waals surface area (Å²) in [6.45, 7) is 16.0. The minimum absolute atomic E-state index is 0.0423. The Morgan fingerprint density at radius 1 is 1.18 bits per heavy atom. The van der Waals surface area contributed by atoms with Gasteiger partial charge in [0.25, 0.3) is 0 Å². The van der Waals surface area contributed by atoms with Gasteiger partial charge >= 0.3 is 6.18 Å². The summed E-state index contributed by atoms with van der Waals surface area (Å²) in [5.74, 6) is 1.34. The summed E-state index contributed by atoms with van der Waals surface area (Å²) >= 11 is 0. The lowest BCUT2D eigenvalue weighted by molar-refractivity contribution is -0.122. The number of allylic oxidation sites excluding steroid dienone is 2. The SMILES string of the molecule is C=C/C=C\N=C(CC(F)(F)F)N(CC)CCc1nc(C(C)C)nc(Nc2ccc(C(C)(C)CO)cc2)c1C. The average molecular weight is 532 g/mol. The highest BCUT2D eigenvalue weighted by Gasteiger charge is 2.31. The van der Waals surface area contributed by atoms with Crippen LogP contribution in [0, 0.1) is 6.92 Å². The molecule has 1 aromatic carbocycles. The molecule has 0 bridgehead atoms. The molecule has 0 saturated heterocycles. The van der Waals surface area contributed by atoms with Gasteiger partial charge in [-0.05, 0) is 37.6 Å². The summed E-state index contributed by atoms with van der Waals surface area (Å²) in [5.41, 5.74) is 3.13. The van der Waals surface area contributed by atoms with Crippen LogP contribution in [0.1, 0.15) is 69.6 Å². The number of hydrogen-bond donors (Lipinski definition) is 2. The van der Waals surface area contributed by atoms with Crippen molar-refractivity contribution in [3.05, 3.63) is 71.8 Å². The fourth-order valence-electron chi connectivity index (χ4n) is 3.76. The Hall–Kier alpha value is -3.20. The van der Waals surface area contributed by atoms with Crippen LogP contribution in [0.15, 0.2) is 54.2 Å². The molecule has 0 unspecified atom stereocenters. The van der Waals surface area contributed by atoms with Gasteiger partial charge in [-0.1, -0.05) is 52.5 Å². The monoisotopic (exact) mass is 531 g/mol. The summed E-state index contributed by atoms with van der Waals surface area (Å²) in [6.07, 6.45) is -0.747. The molecule has 2 aromatic rings. The largest absolute Gasteiger partial charge is 0.396 e. The molecular formula is C29H40F3N5O. The van der Waals surface area contributed by atoms with E-state index in [0.717, 1.165) is 22.5 Å². The summed E-state index contributed by atoms with van der Waals surface area (Å²) in [5, 5.41) is 13.0. The third-order valence-electron chi connectivity index (χ3n) is 6.27. The van der Waals surface area contributed by atoms with Crippen molar-refractivity contribution in [1.82, 2.24) is 14.9 Å². The number of nitrogens with one attached hydrogen (secondary N) is 1. The number of aromatic nitrogens is 2. The number of hydrogen-bond acceptors (Lipinski definition) is 5.